The summed E-state index contributed by atoms with van der Waals surface area (Å²) >= 11 is 0. The smallest absolute Gasteiger partial charge is 0.198 e. The minimum Gasteiger partial charge on any atom is -0.453 e. The Morgan fingerprint density at radius 3 is 3.00 bits per heavy atom. The lowest BCUT2D eigenvalue weighted by Crippen LogP contribution is -2.07. The van der Waals surface area contributed by atoms with Gasteiger partial charge in [0, 0.05) is 17.4 Å². The van der Waals surface area contributed by atoms with Gasteiger partial charge in [-0.15, -0.1) is 0 Å². The molecule has 2 nitrogen and oxygen atoms in total. The first kappa shape index (κ1) is 8.72. The molecule has 0 aliphatic heterocycles. The highest BCUT2D eigenvalue weighted by molar-refractivity contribution is 6.01. The molecule has 1 aliphatic carbocycles. The van der Waals surface area contributed by atoms with E-state index in [0.717, 1.165) is 29.4 Å². The molecule has 0 bridgehead atoms. The first-order chi connectivity index (χ1) is 7.25. The van der Waals surface area contributed by atoms with Crippen molar-refractivity contribution in [1.82, 2.24) is 0 Å². The minimum absolute atomic E-state index is 0.158. The molecule has 0 spiro atoms. The van der Waals surface area contributed by atoms with Crippen LogP contribution in [0.1, 0.15) is 34.5 Å². The fourth-order valence-corrected chi connectivity index (χ4v) is 2.28. The summed E-state index contributed by atoms with van der Waals surface area (Å²) in [5.74, 6) is 0.756. The summed E-state index contributed by atoms with van der Waals surface area (Å²) in [5.41, 5.74) is 3.18. The zero-order chi connectivity index (χ0) is 10.4. The molecule has 1 heterocycles. The Morgan fingerprint density at radius 1 is 1.27 bits per heavy atom. The summed E-state index contributed by atoms with van der Waals surface area (Å²) < 4.78 is 5.61. The number of ketones is 1. The Kier molecular flexibility index (Phi) is 1.72. The number of fused-ring (bicyclic) bond motifs is 3. The number of aryl methyl sites for hydroxylation is 2. The van der Waals surface area contributed by atoms with Crippen LogP contribution in [0.25, 0.3) is 11.0 Å². The monoisotopic (exact) mass is 200 g/mol. The Hall–Kier alpha value is -1.57. The van der Waals surface area contributed by atoms with Crippen LogP contribution in [-0.4, -0.2) is 5.78 Å². The summed E-state index contributed by atoms with van der Waals surface area (Å²) in [6.07, 6.45) is 2.55. The highest BCUT2D eigenvalue weighted by Crippen LogP contribution is 2.32. The van der Waals surface area contributed by atoms with Crippen LogP contribution in [-0.2, 0) is 6.42 Å². The summed E-state index contributed by atoms with van der Waals surface area (Å²) in [6, 6.07) is 6.08. The SMILES string of the molecule is Cc1ccc2oc3c(c2c1)CCCC3=O. The second-order valence-corrected chi connectivity index (χ2v) is 4.19. The van der Waals surface area contributed by atoms with Crippen molar-refractivity contribution < 1.29 is 9.21 Å². The lowest BCUT2D eigenvalue weighted by molar-refractivity contribution is 0.0946. The molecule has 0 amide bonds. The third-order valence-electron chi connectivity index (χ3n) is 3.03. The predicted molar refractivity (Wildman–Crippen MR) is 58.2 cm³/mol. The van der Waals surface area contributed by atoms with E-state index in [4.69, 9.17) is 4.42 Å². The molecule has 0 atom stereocenters. The molecule has 1 aromatic heterocycles. The van der Waals surface area contributed by atoms with E-state index in [1.807, 2.05) is 12.1 Å². The topological polar surface area (TPSA) is 30.2 Å². The van der Waals surface area contributed by atoms with E-state index in [-0.39, 0.29) is 5.78 Å². The maximum Gasteiger partial charge on any atom is 0.198 e. The second kappa shape index (κ2) is 2.96. The number of furan rings is 1. The third kappa shape index (κ3) is 1.21. The average Bonchev–Trinajstić information content (AvgIpc) is 2.58. The summed E-state index contributed by atoms with van der Waals surface area (Å²) in [7, 11) is 0. The quantitative estimate of drug-likeness (QED) is 0.653. The summed E-state index contributed by atoms with van der Waals surface area (Å²) in [6.45, 7) is 2.06. The van der Waals surface area contributed by atoms with Crippen molar-refractivity contribution in [3.8, 4) is 0 Å². The summed E-state index contributed by atoms with van der Waals surface area (Å²) in [4.78, 5) is 11.6. The van der Waals surface area contributed by atoms with Crippen LogP contribution >= 0.6 is 0 Å². The molecular weight excluding hydrogens is 188 g/mol. The lowest BCUT2D eigenvalue weighted by Gasteiger charge is -2.07. The van der Waals surface area contributed by atoms with Crippen molar-refractivity contribution >= 4 is 16.8 Å². The zero-order valence-corrected chi connectivity index (χ0v) is 8.67. The number of carbonyl (C=O) groups is 1. The molecular formula is C13H12O2. The predicted octanol–water partition coefficient (Wildman–Crippen LogP) is 3.26. The van der Waals surface area contributed by atoms with Crippen LogP contribution < -0.4 is 0 Å². The van der Waals surface area contributed by atoms with Gasteiger partial charge in [-0.05, 0) is 31.9 Å². The Morgan fingerprint density at radius 2 is 2.13 bits per heavy atom. The number of benzene rings is 1. The lowest BCUT2D eigenvalue weighted by atomic mass is 9.94. The van der Waals surface area contributed by atoms with Crippen LogP contribution in [0.2, 0.25) is 0 Å². The Labute approximate surface area is 87.9 Å². The van der Waals surface area contributed by atoms with E-state index in [0.29, 0.717) is 12.2 Å². The van der Waals surface area contributed by atoms with Crippen LogP contribution in [0.15, 0.2) is 22.6 Å². The standard InChI is InChI=1S/C13H12O2/c1-8-5-6-12-10(7-8)9-3-2-4-11(14)13(9)15-12/h5-7H,2-4H2,1H3. The number of hydrogen-bond donors (Lipinski definition) is 0. The van der Waals surface area contributed by atoms with Gasteiger partial charge in [0.25, 0.3) is 0 Å². The van der Waals surface area contributed by atoms with Crippen molar-refractivity contribution in [3.05, 3.63) is 35.1 Å². The van der Waals surface area contributed by atoms with Gasteiger partial charge in [0.05, 0.1) is 0 Å². The van der Waals surface area contributed by atoms with E-state index in [2.05, 4.69) is 13.0 Å². The van der Waals surface area contributed by atoms with Crippen LogP contribution in [0.4, 0.5) is 0 Å². The second-order valence-electron chi connectivity index (χ2n) is 4.19. The van der Waals surface area contributed by atoms with Crippen LogP contribution in [0.5, 0.6) is 0 Å². The number of carbonyl (C=O) groups excluding carboxylic acids is 1. The number of rotatable bonds is 0. The van der Waals surface area contributed by atoms with Gasteiger partial charge in [-0.1, -0.05) is 11.6 Å². The third-order valence-corrected chi connectivity index (χ3v) is 3.03. The number of hydrogen-bond acceptors (Lipinski definition) is 2. The minimum atomic E-state index is 0.158. The van der Waals surface area contributed by atoms with Crippen LogP contribution in [0.3, 0.4) is 0 Å². The fraction of sp³-hybridized carbons (Fsp3) is 0.308. The molecule has 0 saturated carbocycles. The maximum atomic E-state index is 11.6. The van der Waals surface area contributed by atoms with Crippen molar-refractivity contribution in [2.45, 2.75) is 26.2 Å². The van der Waals surface area contributed by atoms with Gasteiger partial charge in [0.15, 0.2) is 11.5 Å². The van der Waals surface area contributed by atoms with E-state index >= 15 is 0 Å². The first-order valence-corrected chi connectivity index (χ1v) is 5.31. The molecule has 76 valence electrons. The Balaban J connectivity index is 2.36. The molecule has 2 aromatic rings. The number of Topliss-reactive ketones (excluding diaryl/α,β-unsaturated/α-hetero) is 1. The van der Waals surface area contributed by atoms with Crippen molar-refractivity contribution in [1.29, 1.82) is 0 Å². The van der Waals surface area contributed by atoms with Crippen molar-refractivity contribution in [3.63, 3.8) is 0 Å². The van der Waals surface area contributed by atoms with Gasteiger partial charge in [-0.25, -0.2) is 0 Å². The first-order valence-electron chi connectivity index (χ1n) is 5.31. The van der Waals surface area contributed by atoms with Gasteiger partial charge in [0.2, 0.25) is 0 Å². The molecule has 3 rings (SSSR count). The van der Waals surface area contributed by atoms with E-state index in [9.17, 15) is 4.79 Å². The molecule has 0 fully saturated rings. The van der Waals surface area contributed by atoms with Crippen molar-refractivity contribution in [2.75, 3.05) is 0 Å². The molecule has 0 saturated heterocycles. The van der Waals surface area contributed by atoms with Crippen molar-refractivity contribution in [2.24, 2.45) is 0 Å². The highest BCUT2D eigenvalue weighted by Gasteiger charge is 2.23. The van der Waals surface area contributed by atoms with Gasteiger partial charge >= 0.3 is 0 Å². The molecule has 1 aromatic carbocycles. The maximum absolute atomic E-state index is 11.6. The average molecular weight is 200 g/mol. The van der Waals surface area contributed by atoms with Gasteiger partial charge in [0.1, 0.15) is 5.58 Å². The fourth-order valence-electron chi connectivity index (χ4n) is 2.28. The molecule has 1 aliphatic rings. The van der Waals surface area contributed by atoms with Gasteiger partial charge in [-0.3, -0.25) is 4.79 Å². The van der Waals surface area contributed by atoms with E-state index < -0.39 is 0 Å². The largest absolute Gasteiger partial charge is 0.453 e. The zero-order valence-electron chi connectivity index (χ0n) is 8.67. The normalized spacial score (nSPS) is 15.7. The summed E-state index contributed by atoms with van der Waals surface area (Å²) in [5, 5.41) is 1.12. The molecule has 0 unspecified atom stereocenters. The van der Waals surface area contributed by atoms with E-state index in [1.165, 1.54) is 5.56 Å². The molecule has 0 N–H and O–H groups in total. The molecule has 2 heteroatoms. The Bertz CT molecular complexity index is 549. The van der Waals surface area contributed by atoms with Gasteiger partial charge < -0.3 is 4.42 Å². The van der Waals surface area contributed by atoms with Crippen LogP contribution in [0, 0.1) is 6.92 Å². The highest BCUT2D eigenvalue weighted by atomic mass is 16.3. The van der Waals surface area contributed by atoms with Gasteiger partial charge in [-0.2, -0.15) is 0 Å². The van der Waals surface area contributed by atoms with E-state index in [1.54, 1.807) is 0 Å². The molecule has 0 radical (unpaired) electrons. The molecule has 15 heavy (non-hydrogen) atoms.